The molecule has 96 valence electrons. The lowest BCUT2D eigenvalue weighted by molar-refractivity contribution is -0.0288. The molecule has 1 unspecified atom stereocenters. The molecule has 0 heterocycles. The minimum atomic E-state index is -0.266. The van der Waals surface area contributed by atoms with Crippen molar-refractivity contribution in [3.8, 4) is 0 Å². The van der Waals surface area contributed by atoms with E-state index >= 15 is 0 Å². The van der Waals surface area contributed by atoms with Gasteiger partial charge < -0.3 is 10.5 Å². The monoisotopic (exact) mass is 235 g/mol. The molecular weight excluding hydrogens is 210 g/mol. The van der Waals surface area contributed by atoms with Crippen molar-refractivity contribution >= 4 is 0 Å². The standard InChI is InChI=1S/C15H25NO/c1-5-12-7-9-13(10-8-12)11-14(16)15(3,4)17-6-2/h7-10,14H,5-6,11,16H2,1-4H3. The van der Waals surface area contributed by atoms with Crippen LogP contribution in [-0.2, 0) is 17.6 Å². The fourth-order valence-electron chi connectivity index (χ4n) is 1.89. The predicted molar refractivity (Wildman–Crippen MR) is 73.2 cm³/mol. The van der Waals surface area contributed by atoms with Crippen LogP contribution in [0.3, 0.4) is 0 Å². The quantitative estimate of drug-likeness (QED) is 0.823. The molecule has 0 amide bonds. The molecule has 17 heavy (non-hydrogen) atoms. The summed E-state index contributed by atoms with van der Waals surface area (Å²) in [5, 5.41) is 0. The first-order valence-electron chi connectivity index (χ1n) is 6.47. The van der Waals surface area contributed by atoms with Gasteiger partial charge in [0.1, 0.15) is 0 Å². The Morgan fingerprint density at radius 3 is 2.12 bits per heavy atom. The minimum Gasteiger partial charge on any atom is -0.374 e. The molecule has 0 aromatic heterocycles. The van der Waals surface area contributed by atoms with Gasteiger partial charge in [-0.2, -0.15) is 0 Å². The Hall–Kier alpha value is -0.860. The minimum absolute atomic E-state index is 0.0231. The Morgan fingerprint density at radius 2 is 1.65 bits per heavy atom. The Kier molecular flexibility index (Phi) is 5.16. The van der Waals surface area contributed by atoms with E-state index < -0.39 is 0 Å². The summed E-state index contributed by atoms with van der Waals surface area (Å²) in [5.74, 6) is 0. The van der Waals surface area contributed by atoms with Crippen molar-refractivity contribution in [1.29, 1.82) is 0 Å². The van der Waals surface area contributed by atoms with Gasteiger partial charge in [0.25, 0.3) is 0 Å². The maximum atomic E-state index is 6.22. The van der Waals surface area contributed by atoms with E-state index in [0.29, 0.717) is 6.61 Å². The second-order valence-electron chi connectivity index (χ2n) is 5.02. The van der Waals surface area contributed by atoms with Gasteiger partial charge in [-0.3, -0.25) is 0 Å². The molecule has 0 radical (unpaired) electrons. The van der Waals surface area contributed by atoms with Crippen LogP contribution in [0, 0.1) is 0 Å². The fourth-order valence-corrected chi connectivity index (χ4v) is 1.89. The van der Waals surface area contributed by atoms with E-state index in [4.69, 9.17) is 10.5 Å². The largest absolute Gasteiger partial charge is 0.374 e. The third kappa shape index (κ3) is 4.14. The second kappa shape index (κ2) is 6.18. The molecule has 1 rings (SSSR count). The van der Waals surface area contributed by atoms with Crippen molar-refractivity contribution in [2.75, 3.05) is 6.61 Å². The summed E-state index contributed by atoms with van der Waals surface area (Å²) in [4.78, 5) is 0. The van der Waals surface area contributed by atoms with Gasteiger partial charge in [-0.15, -0.1) is 0 Å². The number of ether oxygens (including phenoxy) is 1. The van der Waals surface area contributed by atoms with E-state index in [2.05, 4.69) is 45.0 Å². The molecule has 0 fully saturated rings. The maximum Gasteiger partial charge on any atom is 0.0779 e. The van der Waals surface area contributed by atoms with Crippen LogP contribution in [0.15, 0.2) is 24.3 Å². The van der Waals surface area contributed by atoms with Crippen LogP contribution in [-0.4, -0.2) is 18.2 Å². The summed E-state index contributed by atoms with van der Waals surface area (Å²) in [6, 6.07) is 8.71. The number of benzene rings is 1. The third-order valence-electron chi connectivity index (χ3n) is 3.30. The van der Waals surface area contributed by atoms with Gasteiger partial charge in [-0.1, -0.05) is 31.2 Å². The van der Waals surface area contributed by atoms with Crippen molar-refractivity contribution < 1.29 is 4.74 Å². The van der Waals surface area contributed by atoms with Gasteiger partial charge >= 0.3 is 0 Å². The molecular formula is C15H25NO. The summed E-state index contributed by atoms with van der Waals surface area (Å²) >= 11 is 0. The molecule has 0 saturated heterocycles. The second-order valence-corrected chi connectivity index (χ2v) is 5.02. The smallest absolute Gasteiger partial charge is 0.0779 e. The predicted octanol–water partition coefficient (Wildman–Crippen LogP) is 2.93. The van der Waals surface area contributed by atoms with Crippen molar-refractivity contribution in [2.45, 2.75) is 52.2 Å². The van der Waals surface area contributed by atoms with Gasteiger partial charge in [-0.05, 0) is 44.7 Å². The molecule has 0 saturated carbocycles. The number of aryl methyl sites for hydroxylation is 1. The highest BCUT2D eigenvalue weighted by molar-refractivity contribution is 5.23. The van der Waals surface area contributed by atoms with Crippen LogP contribution >= 0.6 is 0 Å². The molecule has 0 aliphatic heterocycles. The molecule has 0 bridgehead atoms. The van der Waals surface area contributed by atoms with Crippen molar-refractivity contribution in [3.63, 3.8) is 0 Å². The summed E-state index contributed by atoms with van der Waals surface area (Å²) in [6.07, 6.45) is 1.94. The number of hydrogen-bond acceptors (Lipinski definition) is 2. The lowest BCUT2D eigenvalue weighted by Crippen LogP contribution is -2.46. The van der Waals surface area contributed by atoms with E-state index in [1.165, 1.54) is 11.1 Å². The zero-order chi connectivity index (χ0) is 12.9. The fraction of sp³-hybridized carbons (Fsp3) is 0.600. The number of rotatable bonds is 6. The molecule has 0 aliphatic carbocycles. The first-order chi connectivity index (χ1) is 7.99. The Balaban J connectivity index is 2.63. The third-order valence-corrected chi connectivity index (χ3v) is 3.30. The van der Waals surface area contributed by atoms with Crippen LogP contribution in [0.1, 0.15) is 38.8 Å². The van der Waals surface area contributed by atoms with E-state index in [-0.39, 0.29) is 11.6 Å². The zero-order valence-electron chi connectivity index (χ0n) is 11.5. The van der Waals surface area contributed by atoms with Crippen LogP contribution in [0.5, 0.6) is 0 Å². The molecule has 2 nitrogen and oxygen atoms in total. The average molecular weight is 235 g/mol. The first-order valence-corrected chi connectivity index (χ1v) is 6.47. The van der Waals surface area contributed by atoms with Gasteiger partial charge in [0.05, 0.1) is 5.60 Å². The van der Waals surface area contributed by atoms with Crippen molar-refractivity contribution in [1.82, 2.24) is 0 Å². The first kappa shape index (κ1) is 14.2. The number of nitrogens with two attached hydrogens (primary N) is 1. The van der Waals surface area contributed by atoms with E-state index in [1.54, 1.807) is 0 Å². The molecule has 0 aliphatic rings. The van der Waals surface area contributed by atoms with Crippen molar-refractivity contribution in [3.05, 3.63) is 35.4 Å². The highest BCUT2D eigenvalue weighted by atomic mass is 16.5. The maximum absolute atomic E-state index is 6.22. The molecule has 1 aromatic carbocycles. The lowest BCUT2D eigenvalue weighted by atomic mass is 9.92. The van der Waals surface area contributed by atoms with Gasteiger partial charge in [0.2, 0.25) is 0 Å². The Labute approximate surface area is 105 Å². The molecule has 1 aromatic rings. The Bertz CT molecular complexity index is 329. The summed E-state index contributed by atoms with van der Waals surface area (Å²) in [5.41, 5.74) is 8.60. The van der Waals surface area contributed by atoms with Crippen molar-refractivity contribution in [2.24, 2.45) is 5.73 Å². The normalized spacial score (nSPS) is 13.7. The molecule has 2 heteroatoms. The summed E-state index contributed by atoms with van der Waals surface area (Å²) in [7, 11) is 0. The van der Waals surface area contributed by atoms with Crippen LogP contribution < -0.4 is 5.73 Å². The van der Waals surface area contributed by atoms with Crippen LogP contribution in [0.4, 0.5) is 0 Å². The van der Waals surface area contributed by atoms with Gasteiger partial charge in [-0.25, -0.2) is 0 Å². The topological polar surface area (TPSA) is 35.2 Å². The molecule has 0 spiro atoms. The average Bonchev–Trinajstić information content (AvgIpc) is 2.30. The van der Waals surface area contributed by atoms with Crippen LogP contribution in [0.25, 0.3) is 0 Å². The summed E-state index contributed by atoms with van der Waals surface area (Å²) in [6.45, 7) is 8.99. The molecule has 1 atom stereocenters. The van der Waals surface area contributed by atoms with E-state index in [0.717, 1.165) is 12.8 Å². The SMILES string of the molecule is CCOC(C)(C)C(N)Cc1ccc(CC)cc1. The van der Waals surface area contributed by atoms with E-state index in [9.17, 15) is 0 Å². The van der Waals surface area contributed by atoms with E-state index in [1.807, 2.05) is 6.92 Å². The van der Waals surface area contributed by atoms with Gasteiger partial charge in [0.15, 0.2) is 0 Å². The number of hydrogen-bond donors (Lipinski definition) is 1. The Morgan fingerprint density at radius 1 is 1.12 bits per heavy atom. The highest BCUT2D eigenvalue weighted by Gasteiger charge is 2.26. The zero-order valence-corrected chi connectivity index (χ0v) is 11.5. The summed E-state index contributed by atoms with van der Waals surface area (Å²) < 4.78 is 5.68. The van der Waals surface area contributed by atoms with Crippen LogP contribution in [0.2, 0.25) is 0 Å². The molecule has 2 N–H and O–H groups in total. The highest BCUT2D eigenvalue weighted by Crippen LogP contribution is 2.17. The lowest BCUT2D eigenvalue weighted by Gasteiger charge is -2.31. The van der Waals surface area contributed by atoms with Gasteiger partial charge in [0, 0.05) is 12.6 Å².